The maximum absolute atomic E-state index is 14.6. The predicted molar refractivity (Wildman–Crippen MR) is 168 cm³/mol. The van der Waals surface area contributed by atoms with Crippen molar-refractivity contribution in [1.29, 1.82) is 0 Å². The molecule has 3 atom stereocenters. The number of ether oxygens (including phenoxy) is 2. The molecule has 0 aliphatic carbocycles. The van der Waals surface area contributed by atoms with Crippen LogP contribution in [0.25, 0.3) is 0 Å². The Kier molecular flexibility index (Phi) is 8.13. The third-order valence-corrected chi connectivity index (χ3v) is 13.4. The molecule has 43 heavy (non-hydrogen) atoms. The number of amides is 1. The maximum atomic E-state index is 14.6. The van der Waals surface area contributed by atoms with Crippen LogP contribution in [0.2, 0.25) is 5.04 Å². The summed E-state index contributed by atoms with van der Waals surface area (Å²) >= 11 is 0. The standard InChI is InChI=1S/C35H41NO6Si/c1-33(2,3)41-31(38)35-23-22-28(36(35)32(39)40-24-25-16-10-7-11-17-25)29(30(35)37)42-43(34(4,5)6,26-18-12-8-13-19-26)27-20-14-9-15-21-27/h7-21,28-29H,22-24H2,1-6H3/t28-,29-,35+/m1/s1. The molecular weight excluding hydrogens is 558 g/mol. The van der Waals surface area contributed by atoms with Gasteiger partial charge in [-0.25, -0.2) is 9.59 Å². The second-order valence-electron chi connectivity index (χ2n) is 13.4. The molecular formula is C35H41NO6Si. The van der Waals surface area contributed by atoms with E-state index in [4.69, 9.17) is 13.9 Å². The topological polar surface area (TPSA) is 82.1 Å². The van der Waals surface area contributed by atoms with E-state index in [1.165, 1.54) is 4.90 Å². The molecule has 0 unspecified atom stereocenters. The van der Waals surface area contributed by atoms with Crippen LogP contribution in [0.5, 0.6) is 0 Å². The number of carbonyl (C=O) groups excluding carboxylic acids is 3. The fraction of sp³-hybridized carbons (Fsp3) is 0.400. The molecule has 0 radical (unpaired) electrons. The summed E-state index contributed by atoms with van der Waals surface area (Å²) in [5.41, 5.74) is -1.87. The minimum atomic E-state index is -3.20. The van der Waals surface area contributed by atoms with Crippen molar-refractivity contribution in [3.05, 3.63) is 96.6 Å². The zero-order chi connectivity index (χ0) is 31.0. The van der Waals surface area contributed by atoms with Crippen molar-refractivity contribution in [3.8, 4) is 0 Å². The van der Waals surface area contributed by atoms with Crippen LogP contribution in [-0.4, -0.2) is 54.3 Å². The fourth-order valence-corrected chi connectivity index (χ4v) is 11.2. The van der Waals surface area contributed by atoms with Crippen molar-refractivity contribution in [2.45, 2.75) is 89.3 Å². The Morgan fingerprint density at radius 3 is 1.84 bits per heavy atom. The molecule has 2 bridgehead atoms. The van der Waals surface area contributed by atoms with Gasteiger partial charge in [0.1, 0.15) is 18.3 Å². The molecule has 7 nitrogen and oxygen atoms in total. The number of carbonyl (C=O) groups is 3. The molecule has 5 rings (SSSR count). The van der Waals surface area contributed by atoms with Crippen molar-refractivity contribution >= 4 is 36.5 Å². The highest BCUT2D eigenvalue weighted by atomic mass is 28.4. The van der Waals surface area contributed by atoms with Crippen LogP contribution in [0.1, 0.15) is 59.9 Å². The van der Waals surface area contributed by atoms with Crippen LogP contribution < -0.4 is 10.4 Å². The summed E-state index contributed by atoms with van der Waals surface area (Å²) < 4.78 is 18.8. The SMILES string of the molecule is CC(C)(C)OC(=O)[C@]12CC[C@H]([C@@H](O[Si](c3ccccc3)(c3ccccc3)C(C)(C)C)C1=O)N2C(=O)OCc1ccccc1. The molecule has 2 aliphatic heterocycles. The van der Waals surface area contributed by atoms with Crippen LogP contribution in [0.4, 0.5) is 4.79 Å². The van der Waals surface area contributed by atoms with Crippen LogP contribution in [0.3, 0.4) is 0 Å². The summed E-state index contributed by atoms with van der Waals surface area (Å²) in [6.07, 6.45) is -1.18. The molecule has 0 saturated carbocycles. The highest BCUT2D eigenvalue weighted by Crippen LogP contribution is 2.49. The quantitative estimate of drug-likeness (QED) is 0.206. The van der Waals surface area contributed by atoms with Gasteiger partial charge in [-0.3, -0.25) is 9.69 Å². The lowest BCUT2D eigenvalue weighted by molar-refractivity contribution is -0.168. The molecule has 2 saturated heterocycles. The van der Waals surface area contributed by atoms with Crippen LogP contribution in [-0.2, 0) is 30.1 Å². The molecule has 2 heterocycles. The van der Waals surface area contributed by atoms with E-state index in [-0.39, 0.29) is 13.0 Å². The average molecular weight is 600 g/mol. The van der Waals surface area contributed by atoms with Crippen molar-refractivity contribution in [1.82, 2.24) is 4.90 Å². The van der Waals surface area contributed by atoms with Gasteiger partial charge >= 0.3 is 12.1 Å². The Morgan fingerprint density at radius 1 is 0.837 bits per heavy atom. The Balaban J connectivity index is 1.60. The van der Waals surface area contributed by atoms with E-state index in [0.717, 1.165) is 15.9 Å². The summed E-state index contributed by atoms with van der Waals surface area (Å²) in [5, 5.41) is 1.61. The Labute approximate surface area is 255 Å². The van der Waals surface area contributed by atoms with Gasteiger partial charge in [-0.1, -0.05) is 112 Å². The van der Waals surface area contributed by atoms with Crippen LogP contribution in [0, 0.1) is 0 Å². The van der Waals surface area contributed by atoms with Crippen LogP contribution in [0.15, 0.2) is 91.0 Å². The lowest BCUT2D eigenvalue weighted by atomic mass is 9.84. The number of esters is 1. The normalized spacial score (nSPS) is 22.0. The first-order valence-corrected chi connectivity index (χ1v) is 16.8. The molecule has 1 amide bonds. The maximum Gasteiger partial charge on any atom is 0.411 e. The summed E-state index contributed by atoms with van der Waals surface area (Å²) in [6.45, 7) is 11.7. The van der Waals surface area contributed by atoms with E-state index in [9.17, 15) is 14.4 Å². The van der Waals surface area contributed by atoms with Gasteiger partial charge in [0, 0.05) is 0 Å². The number of rotatable bonds is 7. The highest BCUT2D eigenvalue weighted by Gasteiger charge is 2.72. The summed E-state index contributed by atoms with van der Waals surface area (Å²) in [5.74, 6) is -1.18. The molecule has 3 aromatic rings. The van der Waals surface area contributed by atoms with Gasteiger partial charge in [0.15, 0.2) is 5.78 Å². The van der Waals surface area contributed by atoms with E-state index < -0.39 is 54.5 Å². The second-order valence-corrected chi connectivity index (χ2v) is 17.7. The molecule has 0 N–H and O–H groups in total. The van der Waals surface area contributed by atoms with E-state index >= 15 is 0 Å². The first kappa shape index (κ1) is 30.7. The van der Waals surface area contributed by atoms with Crippen molar-refractivity contribution in [2.75, 3.05) is 0 Å². The van der Waals surface area contributed by atoms with Gasteiger partial charge in [0.05, 0.1) is 6.04 Å². The van der Waals surface area contributed by atoms with E-state index in [2.05, 4.69) is 45.0 Å². The van der Waals surface area contributed by atoms with Crippen molar-refractivity contribution in [3.63, 3.8) is 0 Å². The smallest absolute Gasteiger partial charge is 0.411 e. The van der Waals surface area contributed by atoms with Gasteiger partial charge in [-0.2, -0.15) is 0 Å². The molecule has 226 valence electrons. The molecule has 0 spiro atoms. The molecule has 8 heteroatoms. The van der Waals surface area contributed by atoms with E-state index in [1.54, 1.807) is 20.8 Å². The fourth-order valence-electron chi connectivity index (χ4n) is 6.59. The number of hydrogen-bond donors (Lipinski definition) is 0. The van der Waals surface area contributed by atoms with Gasteiger partial charge in [0.25, 0.3) is 8.32 Å². The lowest BCUT2D eigenvalue weighted by Crippen LogP contribution is -2.69. The minimum absolute atomic E-state index is 0.0156. The molecule has 0 aromatic heterocycles. The highest BCUT2D eigenvalue weighted by molar-refractivity contribution is 6.99. The summed E-state index contributed by atoms with van der Waals surface area (Å²) in [6, 6.07) is 28.7. The third kappa shape index (κ3) is 5.42. The van der Waals surface area contributed by atoms with Gasteiger partial charge in [0.2, 0.25) is 5.54 Å². The Morgan fingerprint density at radius 2 is 1.35 bits per heavy atom. The summed E-state index contributed by atoms with van der Waals surface area (Å²) in [4.78, 5) is 43.7. The first-order chi connectivity index (χ1) is 20.3. The number of Topliss-reactive ketones (excluding diaryl/α,β-unsaturated/α-hetero) is 1. The number of hydrogen-bond acceptors (Lipinski definition) is 6. The average Bonchev–Trinajstić information content (AvgIpc) is 3.47. The number of benzene rings is 3. The van der Waals surface area contributed by atoms with Gasteiger partial charge in [-0.15, -0.1) is 0 Å². The lowest BCUT2D eigenvalue weighted by Gasteiger charge is -2.45. The van der Waals surface area contributed by atoms with Crippen molar-refractivity contribution in [2.24, 2.45) is 0 Å². The van der Waals surface area contributed by atoms with Crippen molar-refractivity contribution < 1.29 is 28.3 Å². The second kappa shape index (κ2) is 11.4. The Bertz CT molecular complexity index is 1430. The zero-order valence-corrected chi connectivity index (χ0v) is 26.8. The first-order valence-electron chi connectivity index (χ1n) is 14.9. The van der Waals surface area contributed by atoms with Gasteiger partial charge in [-0.05, 0) is 54.6 Å². The largest absolute Gasteiger partial charge is 0.458 e. The van der Waals surface area contributed by atoms with Crippen LogP contribution >= 0.6 is 0 Å². The number of fused-ring (bicyclic) bond motifs is 2. The third-order valence-electron chi connectivity index (χ3n) is 8.42. The molecule has 2 fully saturated rings. The molecule has 2 aliphatic rings. The summed E-state index contributed by atoms with van der Waals surface area (Å²) in [7, 11) is -3.20. The van der Waals surface area contributed by atoms with Gasteiger partial charge < -0.3 is 13.9 Å². The van der Waals surface area contributed by atoms with E-state index in [0.29, 0.717) is 6.42 Å². The minimum Gasteiger partial charge on any atom is -0.458 e. The van der Waals surface area contributed by atoms with E-state index in [1.807, 2.05) is 66.7 Å². The predicted octanol–water partition coefficient (Wildman–Crippen LogP) is 5.40. The Hall–Kier alpha value is -3.75. The zero-order valence-electron chi connectivity index (χ0n) is 25.8. The monoisotopic (exact) mass is 599 g/mol. The molecule has 3 aromatic carbocycles. The number of nitrogens with zero attached hydrogens (tertiary/aromatic N) is 1. The number of ketones is 1.